The van der Waals surface area contributed by atoms with Gasteiger partial charge in [-0.15, -0.1) is 0 Å². The zero-order valence-corrected chi connectivity index (χ0v) is 16.3. The molecule has 0 amide bonds. The maximum absolute atomic E-state index is 11.7. The predicted octanol–water partition coefficient (Wildman–Crippen LogP) is 5.86. The third kappa shape index (κ3) is 3.94. The lowest BCUT2D eigenvalue weighted by atomic mass is 10.1. The van der Waals surface area contributed by atoms with Crippen molar-refractivity contribution >= 4 is 33.8 Å². The number of hydrogen-bond acceptors (Lipinski definition) is 4. The number of aliphatic imine (C=N–C) groups is 1. The molecule has 0 saturated heterocycles. The van der Waals surface area contributed by atoms with Gasteiger partial charge in [0.1, 0.15) is 11.5 Å². The number of methoxy groups -OCH3 is 1. The van der Waals surface area contributed by atoms with E-state index in [-0.39, 0.29) is 5.97 Å². The molecule has 1 heterocycles. The summed E-state index contributed by atoms with van der Waals surface area (Å²) in [4.78, 5) is 16.1. The van der Waals surface area contributed by atoms with Crippen LogP contribution in [0.5, 0.6) is 0 Å². The van der Waals surface area contributed by atoms with Crippen molar-refractivity contribution < 1.29 is 13.9 Å². The van der Waals surface area contributed by atoms with Gasteiger partial charge in [0, 0.05) is 10.0 Å². The molecule has 3 aromatic rings. The van der Waals surface area contributed by atoms with E-state index < -0.39 is 0 Å². The molecule has 0 atom stereocenters. The van der Waals surface area contributed by atoms with Gasteiger partial charge in [-0.25, -0.2) is 4.79 Å². The molecular weight excluding hydrogens is 394 g/mol. The molecule has 26 heavy (non-hydrogen) atoms. The van der Waals surface area contributed by atoms with Crippen LogP contribution in [0.15, 0.2) is 62.4 Å². The Morgan fingerprint density at radius 3 is 2.65 bits per heavy atom. The van der Waals surface area contributed by atoms with Gasteiger partial charge in [-0.3, -0.25) is 4.99 Å². The van der Waals surface area contributed by atoms with Gasteiger partial charge in [-0.1, -0.05) is 28.1 Å². The Morgan fingerprint density at radius 1 is 1.12 bits per heavy atom. The van der Waals surface area contributed by atoms with Gasteiger partial charge in [0.2, 0.25) is 0 Å². The number of carbonyl (C=O) groups is 1. The van der Waals surface area contributed by atoms with Gasteiger partial charge in [0.05, 0.1) is 24.6 Å². The largest absolute Gasteiger partial charge is 0.465 e. The number of carbonyl (C=O) groups excluding carboxylic acids is 1. The van der Waals surface area contributed by atoms with Crippen LogP contribution in [-0.2, 0) is 4.74 Å². The molecule has 4 nitrogen and oxygen atoms in total. The van der Waals surface area contributed by atoms with Crippen LogP contribution in [0.1, 0.15) is 27.2 Å². The Hall–Kier alpha value is -2.66. The van der Waals surface area contributed by atoms with Crippen LogP contribution in [0.4, 0.5) is 5.69 Å². The molecule has 0 spiro atoms. The molecule has 0 bridgehead atoms. The number of aryl methyl sites for hydroxylation is 2. The minimum absolute atomic E-state index is 0.383. The summed E-state index contributed by atoms with van der Waals surface area (Å²) in [6.07, 6.45) is 1.65. The lowest BCUT2D eigenvalue weighted by molar-refractivity contribution is 0.0601. The monoisotopic (exact) mass is 411 g/mol. The van der Waals surface area contributed by atoms with Crippen molar-refractivity contribution in [1.82, 2.24) is 0 Å². The molecular formula is C21H18BrNO3. The molecule has 2 aromatic carbocycles. The van der Waals surface area contributed by atoms with Gasteiger partial charge in [0.15, 0.2) is 0 Å². The van der Waals surface area contributed by atoms with E-state index in [2.05, 4.69) is 20.9 Å². The lowest BCUT2D eigenvalue weighted by Gasteiger charge is -2.03. The summed E-state index contributed by atoms with van der Waals surface area (Å²) in [7, 11) is 1.36. The Balaban J connectivity index is 1.86. The molecule has 0 aliphatic rings. The lowest BCUT2D eigenvalue weighted by Crippen LogP contribution is -2.00. The van der Waals surface area contributed by atoms with Crippen LogP contribution in [0, 0.1) is 13.8 Å². The molecule has 0 aliphatic heterocycles. The number of ether oxygens (including phenoxy) is 1. The van der Waals surface area contributed by atoms with E-state index >= 15 is 0 Å². The fourth-order valence-corrected chi connectivity index (χ4v) is 3.20. The van der Waals surface area contributed by atoms with Crippen molar-refractivity contribution in [3.05, 3.63) is 75.5 Å². The molecule has 0 radical (unpaired) electrons. The molecule has 0 unspecified atom stereocenters. The summed E-state index contributed by atoms with van der Waals surface area (Å²) < 4.78 is 11.6. The van der Waals surface area contributed by atoms with Crippen LogP contribution in [0.25, 0.3) is 11.3 Å². The summed E-state index contributed by atoms with van der Waals surface area (Å²) in [5.74, 6) is 1.01. The number of hydrogen-bond donors (Lipinski definition) is 0. The Bertz CT molecular complexity index is 989. The molecule has 1 aromatic heterocycles. The predicted molar refractivity (Wildman–Crippen MR) is 106 cm³/mol. The number of esters is 1. The number of nitrogens with zero attached hydrogens (tertiary/aromatic N) is 1. The number of rotatable bonds is 4. The normalized spacial score (nSPS) is 11.1. The van der Waals surface area contributed by atoms with Crippen molar-refractivity contribution in [2.24, 2.45) is 4.99 Å². The third-order valence-electron chi connectivity index (χ3n) is 3.98. The molecule has 3 rings (SSSR count). The van der Waals surface area contributed by atoms with Crippen LogP contribution < -0.4 is 0 Å². The maximum atomic E-state index is 11.7. The van der Waals surface area contributed by atoms with Gasteiger partial charge in [0.25, 0.3) is 0 Å². The second kappa shape index (κ2) is 7.70. The molecule has 132 valence electrons. The Labute approximate surface area is 160 Å². The molecule has 5 heteroatoms. The van der Waals surface area contributed by atoms with E-state index in [1.807, 2.05) is 50.2 Å². The standard InChI is InChI=1S/C21H18BrNO3/c1-13-4-8-17(18(22)10-13)20-9-7-16(26-20)12-23-19-11-15(21(24)25-3)6-5-14(19)2/h4-12H,1-3H3. The van der Waals surface area contributed by atoms with E-state index in [1.165, 1.54) is 12.7 Å². The highest BCUT2D eigenvalue weighted by molar-refractivity contribution is 9.10. The summed E-state index contributed by atoms with van der Waals surface area (Å²) in [5, 5.41) is 0. The molecule has 0 fully saturated rings. The van der Waals surface area contributed by atoms with E-state index in [4.69, 9.17) is 9.15 Å². The average molecular weight is 412 g/mol. The highest BCUT2D eigenvalue weighted by atomic mass is 79.9. The second-order valence-electron chi connectivity index (χ2n) is 5.94. The summed E-state index contributed by atoms with van der Waals surface area (Å²) in [6, 6.07) is 15.2. The zero-order chi connectivity index (χ0) is 18.7. The highest BCUT2D eigenvalue weighted by Crippen LogP contribution is 2.30. The smallest absolute Gasteiger partial charge is 0.337 e. The fourth-order valence-electron chi connectivity index (χ4n) is 2.51. The minimum Gasteiger partial charge on any atom is -0.465 e. The Kier molecular flexibility index (Phi) is 5.38. The van der Waals surface area contributed by atoms with Gasteiger partial charge >= 0.3 is 5.97 Å². The summed E-state index contributed by atoms with van der Waals surface area (Å²) in [5.41, 5.74) is 4.28. The van der Waals surface area contributed by atoms with Crippen LogP contribution in [0.2, 0.25) is 0 Å². The number of furan rings is 1. The minimum atomic E-state index is -0.383. The topological polar surface area (TPSA) is 51.8 Å². The van der Waals surface area contributed by atoms with E-state index in [1.54, 1.807) is 18.3 Å². The molecule has 0 saturated carbocycles. The maximum Gasteiger partial charge on any atom is 0.337 e. The van der Waals surface area contributed by atoms with Gasteiger partial charge < -0.3 is 9.15 Å². The molecule has 0 N–H and O–H groups in total. The first kappa shape index (κ1) is 18.1. The summed E-state index contributed by atoms with van der Waals surface area (Å²) in [6.45, 7) is 3.98. The van der Waals surface area contributed by atoms with Crippen LogP contribution in [0.3, 0.4) is 0 Å². The highest BCUT2D eigenvalue weighted by Gasteiger charge is 2.09. The zero-order valence-electron chi connectivity index (χ0n) is 14.7. The number of halogens is 1. The SMILES string of the molecule is COC(=O)c1ccc(C)c(N=Cc2ccc(-c3ccc(C)cc3Br)o2)c1. The van der Waals surface area contributed by atoms with Gasteiger partial charge in [-0.2, -0.15) is 0 Å². The number of benzene rings is 2. The third-order valence-corrected chi connectivity index (χ3v) is 4.63. The second-order valence-corrected chi connectivity index (χ2v) is 6.79. The van der Waals surface area contributed by atoms with Crippen molar-refractivity contribution in [2.45, 2.75) is 13.8 Å². The van der Waals surface area contributed by atoms with E-state index in [0.29, 0.717) is 17.0 Å². The molecule has 0 aliphatic carbocycles. The first-order valence-electron chi connectivity index (χ1n) is 8.07. The fraction of sp³-hybridized carbons (Fsp3) is 0.143. The quantitative estimate of drug-likeness (QED) is 0.398. The average Bonchev–Trinajstić information content (AvgIpc) is 3.09. The Morgan fingerprint density at radius 2 is 1.92 bits per heavy atom. The van der Waals surface area contributed by atoms with Crippen LogP contribution in [-0.4, -0.2) is 19.3 Å². The van der Waals surface area contributed by atoms with Crippen molar-refractivity contribution in [2.75, 3.05) is 7.11 Å². The van der Waals surface area contributed by atoms with Crippen molar-refractivity contribution in [3.63, 3.8) is 0 Å². The van der Waals surface area contributed by atoms with E-state index in [9.17, 15) is 4.79 Å². The first-order chi connectivity index (χ1) is 12.5. The van der Waals surface area contributed by atoms with Crippen molar-refractivity contribution in [3.8, 4) is 11.3 Å². The summed E-state index contributed by atoms with van der Waals surface area (Å²) >= 11 is 3.57. The van der Waals surface area contributed by atoms with Crippen LogP contribution >= 0.6 is 15.9 Å². The first-order valence-corrected chi connectivity index (χ1v) is 8.86. The van der Waals surface area contributed by atoms with E-state index in [0.717, 1.165) is 21.4 Å². The van der Waals surface area contributed by atoms with Gasteiger partial charge in [-0.05, 0) is 61.4 Å². The van der Waals surface area contributed by atoms with Crippen molar-refractivity contribution in [1.29, 1.82) is 0 Å².